The van der Waals surface area contributed by atoms with Crippen molar-refractivity contribution < 1.29 is 8.83 Å². The lowest BCUT2D eigenvalue weighted by atomic mass is 9.88. The first kappa shape index (κ1) is 33.6. The molecule has 4 nitrogen and oxygen atoms in total. The number of nitriles is 2. The minimum Gasteiger partial charge on any atom is -0.456 e. The van der Waals surface area contributed by atoms with E-state index in [2.05, 4.69) is 54.6 Å². The summed E-state index contributed by atoms with van der Waals surface area (Å²) < 4.78 is 12.8. The Balaban J connectivity index is 0.00000102. The minimum absolute atomic E-state index is 0.591. The van der Waals surface area contributed by atoms with Crippen molar-refractivity contribution in [2.24, 2.45) is 0 Å². The Morgan fingerprint density at radius 1 is 0.385 bits per heavy atom. The van der Waals surface area contributed by atoms with E-state index in [1.807, 2.05) is 125 Å². The Kier molecular flexibility index (Phi) is 9.40. The first-order chi connectivity index (χ1) is 25.7. The molecule has 4 heteroatoms. The first-order valence-corrected chi connectivity index (χ1v) is 17.7. The summed E-state index contributed by atoms with van der Waals surface area (Å²) in [5, 5.41) is 23.9. The van der Waals surface area contributed by atoms with E-state index in [1.54, 1.807) is 6.07 Å². The van der Waals surface area contributed by atoms with Crippen LogP contribution in [0.15, 0.2) is 154 Å². The van der Waals surface area contributed by atoms with Crippen molar-refractivity contribution in [3.63, 3.8) is 0 Å². The van der Waals surface area contributed by atoms with Gasteiger partial charge in [0.25, 0.3) is 0 Å². The Hall–Kier alpha value is -6.88. The largest absolute Gasteiger partial charge is 0.456 e. The second kappa shape index (κ2) is 14.5. The van der Waals surface area contributed by atoms with Gasteiger partial charge < -0.3 is 8.83 Å². The smallest absolute Gasteiger partial charge is 0.136 e. The third-order valence-corrected chi connectivity index (χ3v) is 9.16. The highest BCUT2D eigenvalue weighted by Gasteiger charge is 2.20. The van der Waals surface area contributed by atoms with E-state index in [1.165, 1.54) is 0 Å². The van der Waals surface area contributed by atoms with Gasteiger partial charge in [0, 0.05) is 32.7 Å². The summed E-state index contributed by atoms with van der Waals surface area (Å²) in [6, 6.07) is 53.2. The molecule has 0 aliphatic rings. The molecule has 0 bridgehead atoms. The Morgan fingerprint density at radius 3 is 1.50 bits per heavy atom. The van der Waals surface area contributed by atoms with Gasteiger partial charge in [-0.15, -0.1) is 0 Å². The van der Waals surface area contributed by atoms with Crippen LogP contribution in [0, 0.1) is 22.7 Å². The van der Waals surface area contributed by atoms with E-state index in [-0.39, 0.29) is 0 Å². The summed E-state index contributed by atoms with van der Waals surface area (Å²) in [4.78, 5) is 0. The zero-order valence-corrected chi connectivity index (χ0v) is 29.6. The predicted octanol–water partition coefficient (Wildman–Crippen LogP) is 13.9. The molecule has 0 aliphatic heterocycles. The lowest BCUT2D eigenvalue weighted by Crippen LogP contribution is -1.92. The molecule has 2 aromatic heterocycles. The molecule has 9 rings (SSSR count). The van der Waals surface area contributed by atoms with Crippen LogP contribution in [0.5, 0.6) is 0 Å². The molecule has 7 aromatic carbocycles. The van der Waals surface area contributed by atoms with Crippen molar-refractivity contribution in [3.8, 4) is 56.6 Å². The lowest BCUT2D eigenvalue weighted by Gasteiger charge is -2.14. The van der Waals surface area contributed by atoms with E-state index in [9.17, 15) is 10.5 Å². The van der Waals surface area contributed by atoms with Crippen LogP contribution < -0.4 is 0 Å². The zero-order chi connectivity index (χ0) is 36.2. The average Bonchev–Trinajstić information content (AvgIpc) is 3.80. The van der Waals surface area contributed by atoms with Crippen molar-refractivity contribution in [1.82, 2.24) is 0 Å². The van der Waals surface area contributed by atoms with Crippen molar-refractivity contribution in [1.29, 1.82) is 10.5 Å². The van der Waals surface area contributed by atoms with E-state index in [4.69, 9.17) is 8.83 Å². The highest BCUT2D eigenvalue weighted by Crippen LogP contribution is 2.44. The van der Waals surface area contributed by atoms with Gasteiger partial charge in [-0.1, -0.05) is 119 Å². The second-order valence-electron chi connectivity index (χ2n) is 11.9. The molecule has 0 atom stereocenters. The quantitative estimate of drug-likeness (QED) is 0.186. The number of hydrogen-bond acceptors (Lipinski definition) is 4. The Bertz CT molecular complexity index is 2730. The first-order valence-electron chi connectivity index (χ1n) is 17.7. The number of benzene rings is 7. The molecule has 52 heavy (non-hydrogen) atoms. The maximum absolute atomic E-state index is 10.4. The van der Waals surface area contributed by atoms with Crippen LogP contribution >= 0.6 is 0 Å². The van der Waals surface area contributed by atoms with Crippen molar-refractivity contribution in [3.05, 3.63) is 157 Å². The Labute approximate surface area is 303 Å². The molecule has 0 saturated heterocycles. The fourth-order valence-corrected chi connectivity index (χ4v) is 6.97. The van der Waals surface area contributed by atoms with Crippen LogP contribution in [-0.4, -0.2) is 0 Å². The molecule has 9 aromatic rings. The highest BCUT2D eigenvalue weighted by atomic mass is 16.3. The molecule has 0 amide bonds. The number of rotatable bonds is 4. The van der Waals surface area contributed by atoms with E-state index in [0.29, 0.717) is 11.1 Å². The average molecular weight is 673 g/mol. The van der Waals surface area contributed by atoms with Crippen LogP contribution in [0.2, 0.25) is 0 Å². The maximum Gasteiger partial charge on any atom is 0.136 e. The monoisotopic (exact) mass is 672 g/mol. The predicted molar refractivity (Wildman–Crippen MR) is 215 cm³/mol. The highest BCUT2D eigenvalue weighted by molar-refractivity contribution is 6.19. The maximum atomic E-state index is 10.4. The third-order valence-electron chi connectivity index (χ3n) is 9.16. The molecular formula is C48H36N2O2. The standard InChI is InChI=1S/C44H24N2O2.2C2H6/c45-25-27-17-20-39-37(21-27)44-33(14-8-16-41(44)47-39)32-13-7-15-40-43(32)34-19-18-30(24-42(34)48-40)31-22-35(28-9-3-1-4-10-28)38(26-46)36(23-31)29-11-5-2-6-12-29;2*1-2/h1-24H;2*1-2H3. The number of furan rings is 2. The summed E-state index contributed by atoms with van der Waals surface area (Å²) in [5.41, 5.74) is 12.1. The van der Waals surface area contributed by atoms with Crippen LogP contribution in [0.3, 0.4) is 0 Å². The normalized spacial score (nSPS) is 10.7. The minimum atomic E-state index is 0.591. The van der Waals surface area contributed by atoms with Crippen molar-refractivity contribution in [2.45, 2.75) is 27.7 Å². The van der Waals surface area contributed by atoms with Gasteiger partial charge in [-0.25, -0.2) is 0 Å². The van der Waals surface area contributed by atoms with E-state index >= 15 is 0 Å². The molecule has 0 spiro atoms. The van der Waals surface area contributed by atoms with Crippen molar-refractivity contribution >= 4 is 43.9 Å². The summed E-state index contributed by atoms with van der Waals surface area (Å²) in [6.45, 7) is 8.00. The second-order valence-corrected chi connectivity index (χ2v) is 11.9. The molecule has 0 radical (unpaired) electrons. The third kappa shape index (κ3) is 5.77. The SMILES string of the molecule is CC.CC.N#Cc1ccc2oc3cccc(-c4cccc5oc6cc(-c7cc(-c8ccccc8)c(C#N)c(-c8ccccc8)c7)ccc6c45)c3c2c1. The fraction of sp³-hybridized carbons (Fsp3) is 0.0833. The molecule has 0 N–H and O–H groups in total. The van der Waals surface area contributed by atoms with Gasteiger partial charge in [0.05, 0.1) is 17.2 Å². The Morgan fingerprint density at radius 2 is 0.942 bits per heavy atom. The number of hydrogen-bond donors (Lipinski definition) is 0. The molecular weight excluding hydrogens is 637 g/mol. The van der Waals surface area contributed by atoms with Crippen LogP contribution in [-0.2, 0) is 0 Å². The molecule has 0 fully saturated rings. The summed E-state index contributed by atoms with van der Waals surface area (Å²) in [7, 11) is 0. The van der Waals surface area contributed by atoms with Gasteiger partial charge in [0.1, 0.15) is 28.4 Å². The molecule has 0 saturated carbocycles. The molecule has 2 heterocycles. The van der Waals surface area contributed by atoms with Gasteiger partial charge in [-0.05, 0) is 88.0 Å². The summed E-state index contributed by atoms with van der Waals surface area (Å²) in [6.07, 6.45) is 0. The van der Waals surface area contributed by atoms with Gasteiger partial charge in [0.15, 0.2) is 0 Å². The van der Waals surface area contributed by atoms with Crippen LogP contribution in [0.1, 0.15) is 38.8 Å². The molecule has 0 unspecified atom stereocenters. The summed E-state index contributed by atoms with van der Waals surface area (Å²) in [5.74, 6) is 0. The number of fused-ring (bicyclic) bond motifs is 6. The van der Waals surface area contributed by atoms with Crippen LogP contribution in [0.4, 0.5) is 0 Å². The zero-order valence-electron chi connectivity index (χ0n) is 29.6. The topological polar surface area (TPSA) is 73.9 Å². The van der Waals surface area contributed by atoms with Gasteiger partial charge in [0.2, 0.25) is 0 Å². The molecule has 0 aliphatic carbocycles. The van der Waals surface area contributed by atoms with Gasteiger partial charge in [-0.2, -0.15) is 10.5 Å². The fourth-order valence-electron chi connectivity index (χ4n) is 6.97. The molecule has 250 valence electrons. The van der Waals surface area contributed by atoms with E-state index < -0.39 is 0 Å². The lowest BCUT2D eigenvalue weighted by molar-refractivity contribution is 0.668. The van der Waals surface area contributed by atoms with Crippen LogP contribution in [0.25, 0.3) is 88.4 Å². The van der Waals surface area contributed by atoms with Gasteiger partial charge in [-0.3, -0.25) is 0 Å². The summed E-state index contributed by atoms with van der Waals surface area (Å²) >= 11 is 0. The van der Waals surface area contributed by atoms with Gasteiger partial charge >= 0.3 is 0 Å². The van der Waals surface area contributed by atoms with Crippen molar-refractivity contribution in [2.75, 3.05) is 0 Å². The number of nitrogens with zero attached hydrogens (tertiary/aromatic N) is 2. The van der Waals surface area contributed by atoms with E-state index in [0.717, 1.165) is 88.4 Å².